The minimum absolute atomic E-state index is 0.00474. The number of non-ortho nitro benzene ring substituents is 1. The molecule has 0 bridgehead atoms. The van der Waals surface area contributed by atoms with E-state index < -0.39 is 40.6 Å². The third kappa shape index (κ3) is 11.9. The van der Waals surface area contributed by atoms with Gasteiger partial charge in [0.2, 0.25) is 11.7 Å². The number of oxime groups is 1. The fraction of sp³-hybridized carbons (Fsp3) is 0.460. The van der Waals surface area contributed by atoms with Gasteiger partial charge in [-0.1, -0.05) is 30.1 Å². The fourth-order valence-electron chi connectivity index (χ4n) is 9.69. The first-order chi connectivity index (χ1) is 33.0. The van der Waals surface area contributed by atoms with Crippen LogP contribution in [0.15, 0.2) is 96.2 Å². The molecule has 1 aliphatic heterocycles. The lowest BCUT2D eigenvalue weighted by atomic mass is 9.55. The fourth-order valence-corrected chi connectivity index (χ4v) is 9.69. The number of nitrogens with zero attached hydrogens (tertiary/aromatic N) is 3. The van der Waals surface area contributed by atoms with Gasteiger partial charge in [0, 0.05) is 61.9 Å². The first-order valence-corrected chi connectivity index (χ1v) is 22.8. The van der Waals surface area contributed by atoms with Crippen molar-refractivity contribution in [3.63, 3.8) is 0 Å². The van der Waals surface area contributed by atoms with Crippen molar-refractivity contribution in [1.29, 1.82) is 0 Å². The van der Waals surface area contributed by atoms with Crippen molar-refractivity contribution >= 4 is 35.2 Å². The van der Waals surface area contributed by atoms with Gasteiger partial charge in [-0.3, -0.25) is 20.2 Å². The number of hydrogen-bond acceptors (Lipinski definition) is 15. The van der Waals surface area contributed by atoms with E-state index >= 15 is 0 Å². The highest BCUT2D eigenvalue weighted by Gasteiger charge is 2.65. The zero-order chi connectivity index (χ0) is 48.6. The van der Waals surface area contributed by atoms with Crippen LogP contribution < -0.4 is 24.3 Å². The molecule has 0 spiro atoms. The van der Waals surface area contributed by atoms with Crippen molar-refractivity contribution in [1.82, 2.24) is 4.90 Å². The van der Waals surface area contributed by atoms with Crippen LogP contribution in [0.25, 0.3) is 6.08 Å². The molecular weight excluding hydrogens is 881 g/mol. The van der Waals surface area contributed by atoms with E-state index in [1.807, 2.05) is 0 Å². The maximum absolute atomic E-state index is 14.8. The number of fused-ring (bicyclic) bond motifs is 2. The van der Waals surface area contributed by atoms with Gasteiger partial charge in [-0.05, 0) is 97.2 Å². The molecule has 3 aromatic rings. The van der Waals surface area contributed by atoms with Crippen LogP contribution in [-0.4, -0.2) is 122 Å². The number of allylic oxidation sites excluding steroid dienone is 1. The lowest BCUT2D eigenvalue weighted by molar-refractivity contribution is -0.384. The second-order valence-corrected chi connectivity index (χ2v) is 16.6. The Morgan fingerprint density at radius 1 is 0.956 bits per heavy atom. The molecule has 4 N–H and O–H groups in total. The zero-order valence-corrected chi connectivity index (χ0v) is 38.8. The molecule has 0 radical (unpaired) electrons. The molecule has 3 aromatic carbocycles. The summed E-state index contributed by atoms with van der Waals surface area (Å²) in [5.74, 6) is -1.72. The second kappa shape index (κ2) is 24.6. The van der Waals surface area contributed by atoms with Crippen LogP contribution in [0.5, 0.6) is 23.0 Å². The zero-order valence-electron chi connectivity index (χ0n) is 38.8. The van der Waals surface area contributed by atoms with Gasteiger partial charge >= 0.3 is 6.09 Å². The highest BCUT2D eigenvalue weighted by Crippen LogP contribution is 2.62. The number of amides is 2. The minimum atomic E-state index is -1.60. The smallest absolute Gasteiger partial charge is 0.417 e. The van der Waals surface area contributed by atoms with Gasteiger partial charge in [-0.2, -0.15) is 0 Å². The number of benzene rings is 3. The number of methoxy groups -OCH3 is 2. The number of carbonyl (C=O) groups excluding carboxylic acids is 2. The maximum Gasteiger partial charge on any atom is 0.417 e. The summed E-state index contributed by atoms with van der Waals surface area (Å²) in [6.07, 6.45) is 10.1. The third-order valence-corrected chi connectivity index (χ3v) is 12.6. The molecule has 1 saturated carbocycles. The molecule has 3 aliphatic rings. The van der Waals surface area contributed by atoms with Gasteiger partial charge in [-0.15, -0.1) is 6.58 Å². The third-order valence-electron chi connectivity index (χ3n) is 12.6. The average Bonchev–Trinajstić information content (AvgIpc) is 3.34. The largest absolute Gasteiger partial charge is 0.497 e. The van der Waals surface area contributed by atoms with E-state index in [-0.39, 0.29) is 75.9 Å². The Hall–Kier alpha value is -6.31. The van der Waals surface area contributed by atoms with Crippen LogP contribution >= 0.6 is 0 Å². The van der Waals surface area contributed by atoms with E-state index in [1.165, 1.54) is 39.5 Å². The van der Waals surface area contributed by atoms with Crippen LogP contribution in [0.3, 0.4) is 0 Å². The highest BCUT2D eigenvalue weighted by molar-refractivity contribution is 6.03. The number of anilines is 1. The molecule has 366 valence electrons. The molecule has 6 unspecified atom stereocenters. The lowest BCUT2D eigenvalue weighted by Crippen LogP contribution is -2.70. The predicted octanol–water partition coefficient (Wildman–Crippen LogP) is 7.04. The van der Waals surface area contributed by atoms with Crippen molar-refractivity contribution in [3.05, 3.63) is 112 Å². The average molecular weight is 943 g/mol. The molecule has 1 fully saturated rings. The standard InChI is InChI=1S/C50H62N4O14/c1-5-26-66-50-45(53(22-27-65-28-25-57)46(58)21-14-33-12-15-35(16-13-33)54(60)61)32-42(52-64-4)39-29-34(10-6-8-23-55)38(11-7-9-24-56)47(48(39)50)40-30-37(18-20-43(40)68-50)67-49(59)51-41-19-17-36(62-2)31-44(41)63-3/h5,12-21,29-31,34,38,45,47-48,55-57H,1,6-11,22-28,32H2,2-4H3,(H,51,59). The number of aliphatic hydroxyl groups excluding tert-OH is 3. The Kier molecular flexibility index (Phi) is 18.5. The summed E-state index contributed by atoms with van der Waals surface area (Å²) in [5, 5.41) is 48.2. The van der Waals surface area contributed by atoms with E-state index in [0.717, 1.165) is 24.0 Å². The molecular formula is C50H62N4O14. The van der Waals surface area contributed by atoms with Gasteiger partial charge in [-0.25, -0.2) is 4.79 Å². The summed E-state index contributed by atoms with van der Waals surface area (Å²) >= 11 is 0. The molecule has 6 atom stereocenters. The van der Waals surface area contributed by atoms with E-state index in [0.29, 0.717) is 59.9 Å². The normalized spacial score (nSPS) is 22.0. The lowest BCUT2D eigenvalue weighted by Gasteiger charge is -2.60. The first-order valence-electron chi connectivity index (χ1n) is 22.8. The summed E-state index contributed by atoms with van der Waals surface area (Å²) in [7, 11) is 4.46. The van der Waals surface area contributed by atoms with Gasteiger partial charge in [0.15, 0.2) is 0 Å². The molecule has 18 heteroatoms. The van der Waals surface area contributed by atoms with Crippen LogP contribution in [-0.2, 0) is 19.1 Å². The number of nitro groups is 1. The number of carbonyl (C=O) groups is 2. The molecule has 1 heterocycles. The Morgan fingerprint density at radius 2 is 1.71 bits per heavy atom. The van der Waals surface area contributed by atoms with Crippen LogP contribution in [0.4, 0.5) is 16.2 Å². The summed E-state index contributed by atoms with van der Waals surface area (Å²) in [4.78, 5) is 46.4. The topological polar surface area (TPSA) is 230 Å². The summed E-state index contributed by atoms with van der Waals surface area (Å²) in [5.41, 5.74) is 2.92. The number of aliphatic hydroxyl groups is 3. The van der Waals surface area contributed by atoms with Crippen LogP contribution in [0.1, 0.15) is 62.0 Å². The Labute approximate surface area is 395 Å². The molecule has 6 rings (SSSR count). The summed E-state index contributed by atoms with van der Waals surface area (Å²) < 4.78 is 36.7. The van der Waals surface area contributed by atoms with E-state index in [9.17, 15) is 35.0 Å². The van der Waals surface area contributed by atoms with Crippen molar-refractivity contribution in [2.24, 2.45) is 22.9 Å². The van der Waals surface area contributed by atoms with Gasteiger partial charge in [0.25, 0.3) is 5.69 Å². The monoisotopic (exact) mass is 942 g/mol. The van der Waals surface area contributed by atoms with Gasteiger partial charge < -0.3 is 53.5 Å². The van der Waals surface area contributed by atoms with Crippen molar-refractivity contribution < 1.29 is 63.1 Å². The van der Waals surface area contributed by atoms with Crippen molar-refractivity contribution in [2.75, 3.05) is 72.8 Å². The van der Waals surface area contributed by atoms with E-state index in [1.54, 1.807) is 65.6 Å². The molecule has 0 aromatic heterocycles. The number of ether oxygens (including phenoxy) is 6. The quantitative estimate of drug-likeness (QED) is 0.0220. The van der Waals surface area contributed by atoms with Crippen LogP contribution in [0.2, 0.25) is 0 Å². The molecule has 18 nitrogen and oxygen atoms in total. The number of unbranched alkanes of at least 4 members (excludes halogenated alkanes) is 2. The Bertz CT molecular complexity index is 2300. The molecule has 68 heavy (non-hydrogen) atoms. The first kappa shape index (κ1) is 51.1. The van der Waals surface area contributed by atoms with E-state index in [4.69, 9.17) is 33.3 Å². The summed E-state index contributed by atoms with van der Waals surface area (Å²) in [6.45, 7) is 3.91. The van der Waals surface area contributed by atoms with Gasteiger partial charge in [0.05, 0.1) is 62.9 Å². The number of nitro benzene ring substituents is 1. The Balaban J connectivity index is 1.51. The van der Waals surface area contributed by atoms with Crippen molar-refractivity contribution in [2.45, 2.75) is 62.7 Å². The predicted molar refractivity (Wildman–Crippen MR) is 253 cm³/mol. The van der Waals surface area contributed by atoms with Crippen LogP contribution in [0, 0.1) is 27.9 Å². The minimum Gasteiger partial charge on any atom is -0.497 e. The SMILES string of the molecule is C=CCOC12Oc3ccc(OC(=O)Nc4ccc(OC)cc4OC)cc3C3C(CCCCO)C(CCCCO)C=C(C(=NOC)CC1N(CCOCCO)C(=O)C=Cc1ccc([N+](=O)[O-])cc1)C32. The van der Waals surface area contributed by atoms with Crippen molar-refractivity contribution in [3.8, 4) is 23.0 Å². The highest BCUT2D eigenvalue weighted by atomic mass is 16.7. The Morgan fingerprint density at radius 3 is 2.38 bits per heavy atom. The van der Waals surface area contributed by atoms with Gasteiger partial charge in [0.1, 0.15) is 36.1 Å². The number of rotatable bonds is 25. The molecule has 0 saturated heterocycles. The summed E-state index contributed by atoms with van der Waals surface area (Å²) in [6, 6.07) is 15.0. The molecule has 2 aliphatic carbocycles. The van der Waals surface area contributed by atoms with E-state index in [2.05, 4.69) is 23.1 Å². The number of nitrogens with one attached hydrogen (secondary N) is 1. The molecule has 2 amide bonds. The number of hydrogen-bond donors (Lipinski definition) is 4. The maximum atomic E-state index is 14.8. The second-order valence-electron chi connectivity index (χ2n) is 16.6.